The number of hydrogen-bond acceptors (Lipinski definition) is 4. The molecule has 0 bridgehead atoms. The number of methoxy groups -OCH3 is 1. The van der Waals surface area contributed by atoms with Gasteiger partial charge < -0.3 is 20.5 Å². The molecule has 0 atom stereocenters. The molecule has 0 aliphatic carbocycles. The van der Waals surface area contributed by atoms with Gasteiger partial charge in [0.1, 0.15) is 0 Å². The van der Waals surface area contributed by atoms with Crippen LogP contribution in [0.3, 0.4) is 0 Å². The number of carbonyl (C=O) groups excluding carboxylic acids is 2. The van der Waals surface area contributed by atoms with E-state index < -0.39 is 5.91 Å². The van der Waals surface area contributed by atoms with Gasteiger partial charge in [0.2, 0.25) is 0 Å². The highest BCUT2D eigenvalue weighted by molar-refractivity contribution is 5.94. The second kappa shape index (κ2) is 7.84. The van der Waals surface area contributed by atoms with Gasteiger partial charge in [0.05, 0.1) is 7.11 Å². The van der Waals surface area contributed by atoms with Gasteiger partial charge in [-0.1, -0.05) is 30.3 Å². The van der Waals surface area contributed by atoms with Crippen molar-refractivity contribution >= 4 is 11.8 Å². The Kier molecular flexibility index (Phi) is 5.57. The number of rotatable bonds is 7. The molecule has 0 saturated carbocycles. The van der Waals surface area contributed by atoms with Gasteiger partial charge in [0, 0.05) is 12.1 Å². The fourth-order valence-electron chi connectivity index (χ4n) is 1.96. The highest BCUT2D eigenvalue weighted by atomic mass is 16.5. The van der Waals surface area contributed by atoms with Crippen LogP contribution in [0.15, 0.2) is 48.5 Å². The van der Waals surface area contributed by atoms with Crippen molar-refractivity contribution in [2.24, 2.45) is 5.73 Å². The lowest BCUT2D eigenvalue weighted by molar-refractivity contribution is -0.119. The zero-order chi connectivity index (χ0) is 16.7. The SMILES string of the molecule is COc1cc(C(=O)NCc2ccccc2)ccc1OCC(N)=O. The first-order chi connectivity index (χ1) is 11.1. The lowest BCUT2D eigenvalue weighted by atomic mass is 10.1. The number of carbonyl (C=O) groups is 2. The molecule has 6 nitrogen and oxygen atoms in total. The summed E-state index contributed by atoms with van der Waals surface area (Å²) in [4.78, 5) is 22.9. The summed E-state index contributed by atoms with van der Waals surface area (Å²) in [5.41, 5.74) is 6.48. The quantitative estimate of drug-likeness (QED) is 0.810. The van der Waals surface area contributed by atoms with Crippen molar-refractivity contribution in [1.29, 1.82) is 0 Å². The summed E-state index contributed by atoms with van der Waals surface area (Å²) in [6.07, 6.45) is 0. The number of ether oxygens (including phenoxy) is 2. The lowest BCUT2D eigenvalue weighted by Crippen LogP contribution is -2.23. The Morgan fingerprint density at radius 2 is 1.83 bits per heavy atom. The Labute approximate surface area is 134 Å². The smallest absolute Gasteiger partial charge is 0.255 e. The van der Waals surface area contributed by atoms with Crippen LogP contribution < -0.4 is 20.5 Å². The summed E-state index contributed by atoms with van der Waals surface area (Å²) in [6, 6.07) is 14.3. The maximum atomic E-state index is 12.2. The maximum Gasteiger partial charge on any atom is 0.255 e. The molecule has 0 aliphatic heterocycles. The van der Waals surface area contributed by atoms with Crippen LogP contribution in [0.4, 0.5) is 0 Å². The Balaban J connectivity index is 2.04. The van der Waals surface area contributed by atoms with Gasteiger partial charge in [0.25, 0.3) is 11.8 Å². The molecular weight excluding hydrogens is 296 g/mol. The van der Waals surface area contributed by atoms with E-state index >= 15 is 0 Å². The summed E-state index contributed by atoms with van der Waals surface area (Å²) in [5, 5.41) is 2.83. The van der Waals surface area contributed by atoms with Crippen molar-refractivity contribution in [2.45, 2.75) is 6.54 Å². The molecule has 0 aromatic heterocycles. The van der Waals surface area contributed by atoms with E-state index in [1.165, 1.54) is 7.11 Å². The van der Waals surface area contributed by atoms with Crippen LogP contribution in [-0.4, -0.2) is 25.5 Å². The molecule has 0 heterocycles. The van der Waals surface area contributed by atoms with Gasteiger partial charge in [-0.25, -0.2) is 0 Å². The van der Waals surface area contributed by atoms with Gasteiger partial charge in [-0.05, 0) is 23.8 Å². The molecule has 2 aromatic carbocycles. The highest BCUT2D eigenvalue weighted by Crippen LogP contribution is 2.28. The molecule has 2 amide bonds. The third-order valence-electron chi connectivity index (χ3n) is 3.09. The van der Waals surface area contributed by atoms with Gasteiger partial charge >= 0.3 is 0 Å². The minimum Gasteiger partial charge on any atom is -0.493 e. The Morgan fingerprint density at radius 3 is 2.48 bits per heavy atom. The lowest BCUT2D eigenvalue weighted by Gasteiger charge is -2.11. The van der Waals surface area contributed by atoms with Crippen LogP contribution in [0.2, 0.25) is 0 Å². The van der Waals surface area contributed by atoms with Crippen LogP contribution in [0.25, 0.3) is 0 Å². The van der Waals surface area contributed by atoms with Crippen molar-refractivity contribution in [3.63, 3.8) is 0 Å². The molecule has 0 fully saturated rings. The molecule has 0 spiro atoms. The largest absolute Gasteiger partial charge is 0.493 e. The summed E-state index contributed by atoms with van der Waals surface area (Å²) in [6.45, 7) is 0.178. The van der Waals surface area contributed by atoms with E-state index in [1.807, 2.05) is 30.3 Å². The van der Waals surface area contributed by atoms with Crippen molar-refractivity contribution in [3.05, 3.63) is 59.7 Å². The standard InChI is InChI=1S/C17H18N2O4/c1-22-15-9-13(7-8-14(15)23-11-16(18)20)17(21)19-10-12-5-3-2-4-6-12/h2-9H,10-11H2,1H3,(H2,18,20)(H,19,21). The van der Waals surface area contributed by atoms with E-state index in [1.54, 1.807) is 18.2 Å². The van der Waals surface area contributed by atoms with Crippen LogP contribution >= 0.6 is 0 Å². The highest BCUT2D eigenvalue weighted by Gasteiger charge is 2.11. The Bertz CT molecular complexity index is 686. The van der Waals surface area contributed by atoms with Crippen LogP contribution in [0, 0.1) is 0 Å². The first kappa shape index (κ1) is 16.4. The molecule has 23 heavy (non-hydrogen) atoms. The van der Waals surface area contributed by atoms with Crippen molar-refractivity contribution in [3.8, 4) is 11.5 Å². The van der Waals surface area contributed by atoms with Crippen molar-refractivity contribution in [2.75, 3.05) is 13.7 Å². The number of amides is 2. The summed E-state index contributed by atoms with van der Waals surface area (Å²) in [5.74, 6) is -0.102. The number of nitrogens with one attached hydrogen (secondary N) is 1. The average molecular weight is 314 g/mol. The van der Waals surface area contributed by atoms with Gasteiger partial charge in [-0.15, -0.1) is 0 Å². The third kappa shape index (κ3) is 4.74. The number of primary amides is 1. The molecule has 3 N–H and O–H groups in total. The molecule has 120 valence electrons. The van der Waals surface area contributed by atoms with Crippen molar-refractivity contribution < 1.29 is 19.1 Å². The molecule has 2 rings (SSSR count). The van der Waals surface area contributed by atoms with Crippen LogP contribution in [-0.2, 0) is 11.3 Å². The van der Waals surface area contributed by atoms with Crippen molar-refractivity contribution in [1.82, 2.24) is 5.32 Å². The minimum atomic E-state index is -0.586. The average Bonchev–Trinajstić information content (AvgIpc) is 2.58. The monoisotopic (exact) mass is 314 g/mol. The molecule has 0 saturated heterocycles. The predicted octanol–water partition coefficient (Wildman–Crippen LogP) is 1.49. The fraction of sp³-hybridized carbons (Fsp3) is 0.176. The van der Waals surface area contributed by atoms with E-state index in [2.05, 4.69) is 5.32 Å². The van der Waals surface area contributed by atoms with Crippen LogP contribution in [0.1, 0.15) is 15.9 Å². The molecule has 0 unspecified atom stereocenters. The predicted molar refractivity (Wildman–Crippen MR) is 85.3 cm³/mol. The fourth-order valence-corrected chi connectivity index (χ4v) is 1.96. The minimum absolute atomic E-state index is 0.228. The second-order valence-electron chi connectivity index (χ2n) is 4.79. The molecule has 2 aromatic rings. The van der Waals surface area contributed by atoms with E-state index in [0.29, 0.717) is 23.6 Å². The maximum absolute atomic E-state index is 12.2. The first-order valence-corrected chi connectivity index (χ1v) is 7.01. The summed E-state index contributed by atoms with van der Waals surface area (Å²) >= 11 is 0. The molecular formula is C17H18N2O4. The number of benzene rings is 2. The van der Waals surface area contributed by atoms with E-state index in [9.17, 15) is 9.59 Å². The second-order valence-corrected chi connectivity index (χ2v) is 4.79. The first-order valence-electron chi connectivity index (χ1n) is 7.01. The van der Waals surface area contributed by atoms with Crippen LogP contribution in [0.5, 0.6) is 11.5 Å². The zero-order valence-electron chi connectivity index (χ0n) is 12.7. The number of hydrogen-bond donors (Lipinski definition) is 2. The molecule has 0 radical (unpaired) electrons. The molecule has 6 heteroatoms. The molecule has 0 aliphatic rings. The van der Waals surface area contributed by atoms with Gasteiger partial charge in [-0.3, -0.25) is 9.59 Å². The van der Waals surface area contributed by atoms with E-state index in [4.69, 9.17) is 15.2 Å². The normalized spacial score (nSPS) is 9.96. The summed E-state index contributed by atoms with van der Waals surface area (Å²) in [7, 11) is 1.46. The van der Waals surface area contributed by atoms with E-state index in [-0.39, 0.29) is 12.5 Å². The topological polar surface area (TPSA) is 90.7 Å². The Morgan fingerprint density at radius 1 is 1.09 bits per heavy atom. The van der Waals surface area contributed by atoms with Gasteiger partial charge in [-0.2, -0.15) is 0 Å². The zero-order valence-corrected chi connectivity index (χ0v) is 12.7. The Hall–Kier alpha value is -3.02. The van der Waals surface area contributed by atoms with E-state index in [0.717, 1.165) is 5.56 Å². The third-order valence-corrected chi connectivity index (χ3v) is 3.09. The number of nitrogens with two attached hydrogens (primary N) is 1. The summed E-state index contributed by atoms with van der Waals surface area (Å²) < 4.78 is 10.4. The van der Waals surface area contributed by atoms with Gasteiger partial charge in [0.15, 0.2) is 18.1 Å².